The zero-order chi connectivity index (χ0) is 21.3. The van der Waals surface area contributed by atoms with Gasteiger partial charge in [0.05, 0.1) is 12.8 Å². The molecule has 158 valence electrons. The fourth-order valence-electron chi connectivity index (χ4n) is 2.34. The molecule has 0 bridgehead atoms. The summed E-state index contributed by atoms with van der Waals surface area (Å²) in [5, 5.41) is 3.32. The van der Waals surface area contributed by atoms with E-state index in [1.165, 1.54) is 11.9 Å². The number of halogens is 1. The van der Waals surface area contributed by atoms with Crippen LogP contribution >= 0.6 is 11.6 Å². The van der Waals surface area contributed by atoms with E-state index in [0.717, 1.165) is 16.1 Å². The number of rotatable bonds is 11. The van der Waals surface area contributed by atoms with Crippen molar-refractivity contribution in [3.8, 4) is 0 Å². The second kappa shape index (κ2) is 11.4. The van der Waals surface area contributed by atoms with Crippen LogP contribution in [-0.4, -0.2) is 75.6 Å². The number of benzene rings is 1. The highest BCUT2D eigenvalue weighted by Crippen LogP contribution is 2.14. The zero-order valence-electron chi connectivity index (χ0n) is 16.6. The predicted octanol–water partition coefficient (Wildman–Crippen LogP) is 1.10. The molecule has 0 radical (unpaired) electrons. The first-order valence-corrected chi connectivity index (χ1v) is 11.0. The van der Waals surface area contributed by atoms with Gasteiger partial charge in [0.15, 0.2) is 0 Å². The van der Waals surface area contributed by atoms with E-state index in [0.29, 0.717) is 24.6 Å². The van der Waals surface area contributed by atoms with E-state index in [4.69, 9.17) is 16.3 Å². The standard InChI is InChI=1S/C18H28ClN3O5S/c1-14(18(24)20-10-5-11-27-3)22(12-15-6-8-16(19)9-7-15)17(23)13-21(2)28(4,25)26/h6-9,14H,5,10-13H2,1-4H3,(H,20,24). The quantitative estimate of drug-likeness (QED) is 0.527. The number of sulfonamides is 1. The molecule has 0 fully saturated rings. The van der Waals surface area contributed by atoms with E-state index in [1.807, 2.05) is 0 Å². The van der Waals surface area contributed by atoms with E-state index in [2.05, 4.69) is 5.32 Å². The van der Waals surface area contributed by atoms with Crippen molar-refractivity contribution in [2.75, 3.05) is 40.1 Å². The molecular formula is C18H28ClN3O5S. The molecular weight excluding hydrogens is 406 g/mol. The van der Waals surface area contributed by atoms with Crippen molar-refractivity contribution in [2.24, 2.45) is 0 Å². The SMILES string of the molecule is COCCCNC(=O)C(C)N(Cc1ccc(Cl)cc1)C(=O)CN(C)S(C)(=O)=O. The lowest BCUT2D eigenvalue weighted by Crippen LogP contribution is -2.50. The predicted molar refractivity (Wildman–Crippen MR) is 108 cm³/mol. The number of likely N-dealkylation sites (N-methyl/N-ethyl adjacent to an activating group) is 1. The Morgan fingerprint density at radius 2 is 1.86 bits per heavy atom. The largest absolute Gasteiger partial charge is 0.385 e. The molecule has 0 saturated carbocycles. The molecule has 0 aliphatic heterocycles. The van der Waals surface area contributed by atoms with Crippen molar-refractivity contribution in [3.05, 3.63) is 34.9 Å². The van der Waals surface area contributed by atoms with E-state index in [1.54, 1.807) is 38.3 Å². The number of hydrogen-bond donors (Lipinski definition) is 1. The molecule has 1 N–H and O–H groups in total. The van der Waals surface area contributed by atoms with Crippen LogP contribution in [0.25, 0.3) is 0 Å². The van der Waals surface area contributed by atoms with Crippen LogP contribution in [0.1, 0.15) is 18.9 Å². The Bertz CT molecular complexity index is 755. The molecule has 1 rings (SSSR count). The Balaban J connectivity index is 2.93. The lowest BCUT2D eigenvalue weighted by molar-refractivity contribution is -0.140. The lowest BCUT2D eigenvalue weighted by atomic mass is 10.1. The van der Waals surface area contributed by atoms with Crippen LogP contribution in [0, 0.1) is 0 Å². The summed E-state index contributed by atoms with van der Waals surface area (Å²) in [5.74, 6) is -0.789. The Morgan fingerprint density at radius 3 is 2.39 bits per heavy atom. The third kappa shape index (κ3) is 8.14. The maximum Gasteiger partial charge on any atom is 0.242 e. The Kier molecular flexibility index (Phi) is 9.88. The Hall–Kier alpha value is -1.68. The molecule has 2 amide bonds. The van der Waals surface area contributed by atoms with Gasteiger partial charge in [0.1, 0.15) is 6.04 Å². The number of hydrogen-bond acceptors (Lipinski definition) is 5. The number of nitrogens with zero attached hydrogens (tertiary/aromatic N) is 2. The van der Waals surface area contributed by atoms with Gasteiger partial charge in [0.2, 0.25) is 21.8 Å². The number of nitrogens with one attached hydrogen (secondary N) is 1. The molecule has 0 heterocycles. The minimum absolute atomic E-state index is 0.153. The first kappa shape index (κ1) is 24.4. The average molecular weight is 434 g/mol. The molecule has 0 spiro atoms. The summed E-state index contributed by atoms with van der Waals surface area (Å²) in [4.78, 5) is 26.6. The number of carbonyl (C=O) groups excluding carboxylic acids is 2. The van der Waals surface area contributed by atoms with E-state index < -0.39 is 22.0 Å². The van der Waals surface area contributed by atoms with Crippen LogP contribution in [0.5, 0.6) is 0 Å². The zero-order valence-corrected chi connectivity index (χ0v) is 18.2. The fraction of sp³-hybridized carbons (Fsp3) is 0.556. The second-order valence-electron chi connectivity index (χ2n) is 6.48. The van der Waals surface area contributed by atoms with Gasteiger partial charge in [-0.1, -0.05) is 23.7 Å². The molecule has 1 aromatic rings. The van der Waals surface area contributed by atoms with Gasteiger partial charge in [-0.2, -0.15) is 4.31 Å². The van der Waals surface area contributed by atoms with Gasteiger partial charge < -0.3 is 15.0 Å². The molecule has 1 aromatic carbocycles. The molecule has 0 aliphatic carbocycles. The van der Waals surface area contributed by atoms with Gasteiger partial charge in [-0.05, 0) is 31.0 Å². The molecule has 8 nitrogen and oxygen atoms in total. The first-order chi connectivity index (χ1) is 13.1. The molecule has 1 atom stereocenters. The summed E-state index contributed by atoms with van der Waals surface area (Å²) < 4.78 is 29.2. The summed E-state index contributed by atoms with van der Waals surface area (Å²) >= 11 is 5.90. The molecule has 10 heteroatoms. The summed E-state index contributed by atoms with van der Waals surface area (Å²) in [6.45, 7) is 2.35. The van der Waals surface area contributed by atoms with Crippen molar-refractivity contribution in [3.63, 3.8) is 0 Å². The van der Waals surface area contributed by atoms with Gasteiger partial charge in [-0.25, -0.2) is 8.42 Å². The van der Waals surface area contributed by atoms with Crippen molar-refractivity contribution in [2.45, 2.75) is 25.9 Å². The van der Waals surface area contributed by atoms with Crippen molar-refractivity contribution < 1.29 is 22.7 Å². The van der Waals surface area contributed by atoms with Crippen LogP contribution in [0.3, 0.4) is 0 Å². The maximum atomic E-state index is 12.8. The summed E-state index contributed by atoms with van der Waals surface area (Å²) in [6, 6.07) is 6.12. The molecule has 0 aromatic heterocycles. The second-order valence-corrected chi connectivity index (χ2v) is 9.01. The van der Waals surface area contributed by atoms with Gasteiger partial charge in [0, 0.05) is 38.9 Å². The van der Waals surface area contributed by atoms with Crippen LogP contribution in [0.15, 0.2) is 24.3 Å². The maximum absolute atomic E-state index is 12.8. The van der Waals surface area contributed by atoms with Gasteiger partial charge >= 0.3 is 0 Å². The van der Waals surface area contributed by atoms with Gasteiger partial charge in [0.25, 0.3) is 0 Å². The Labute approximate surface area is 171 Å². The third-order valence-electron chi connectivity index (χ3n) is 4.18. The van der Waals surface area contributed by atoms with Gasteiger partial charge in [-0.15, -0.1) is 0 Å². The minimum atomic E-state index is -3.52. The monoisotopic (exact) mass is 433 g/mol. The van der Waals surface area contributed by atoms with Crippen molar-refractivity contribution >= 4 is 33.4 Å². The molecule has 28 heavy (non-hydrogen) atoms. The lowest BCUT2D eigenvalue weighted by Gasteiger charge is -2.30. The Morgan fingerprint density at radius 1 is 1.25 bits per heavy atom. The van der Waals surface area contributed by atoms with Crippen LogP contribution in [0.2, 0.25) is 5.02 Å². The van der Waals surface area contributed by atoms with Crippen molar-refractivity contribution in [1.29, 1.82) is 0 Å². The highest BCUT2D eigenvalue weighted by molar-refractivity contribution is 7.88. The molecule has 1 unspecified atom stereocenters. The molecule has 0 saturated heterocycles. The highest BCUT2D eigenvalue weighted by Gasteiger charge is 2.28. The number of ether oxygens (including phenoxy) is 1. The van der Waals surface area contributed by atoms with Crippen LogP contribution in [-0.2, 0) is 30.9 Å². The topological polar surface area (TPSA) is 96.0 Å². The van der Waals surface area contributed by atoms with Crippen LogP contribution in [0.4, 0.5) is 0 Å². The average Bonchev–Trinajstić information content (AvgIpc) is 2.63. The van der Waals surface area contributed by atoms with E-state index in [9.17, 15) is 18.0 Å². The number of carbonyl (C=O) groups is 2. The van der Waals surface area contributed by atoms with E-state index >= 15 is 0 Å². The fourth-order valence-corrected chi connectivity index (χ4v) is 2.81. The third-order valence-corrected chi connectivity index (χ3v) is 5.70. The smallest absolute Gasteiger partial charge is 0.242 e. The summed E-state index contributed by atoms with van der Waals surface area (Å²) in [5.41, 5.74) is 0.777. The van der Waals surface area contributed by atoms with Crippen molar-refractivity contribution in [1.82, 2.24) is 14.5 Å². The molecule has 0 aliphatic rings. The number of methoxy groups -OCH3 is 1. The normalized spacial score (nSPS) is 12.6. The van der Waals surface area contributed by atoms with Crippen LogP contribution < -0.4 is 5.32 Å². The summed E-state index contributed by atoms with van der Waals surface area (Å²) in [7, 11) is -0.621. The highest BCUT2D eigenvalue weighted by atomic mass is 35.5. The minimum Gasteiger partial charge on any atom is -0.385 e. The van der Waals surface area contributed by atoms with Gasteiger partial charge in [-0.3, -0.25) is 9.59 Å². The summed E-state index contributed by atoms with van der Waals surface area (Å²) in [6.07, 6.45) is 1.67. The van der Waals surface area contributed by atoms with E-state index in [-0.39, 0.29) is 19.0 Å². The number of amides is 2. The first-order valence-electron chi connectivity index (χ1n) is 8.78.